The van der Waals surface area contributed by atoms with Crippen LogP contribution in [0.25, 0.3) is 0 Å². The van der Waals surface area contributed by atoms with Gasteiger partial charge in [-0.05, 0) is 52.7 Å². The zero-order valence-corrected chi connectivity index (χ0v) is 12.9. The van der Waals surface area contributed by atoms with Crippen molar-refractivity contribution in [3.05, 3.63) is 63.9 Å². The van der Waals surface area contributed by atoms with Gasteiger partial charge in [0, 0.05) is 10.7 Å². The van der Waals surface area contributed by atoms with Gasteiger partial charge in [-0.3, -0.25) is 4.98 Å². The molecular formula is C16H19BrN2. The first kappa shape index (κ1) is 14.2. The van der Waals surface area contributed by atoms with Crippen LogP contribution in [0.15, 0.2) is 47.1 Å². The summed E-state index contributed by atoms with van der Waals surface area (Å²) < 4.78 is 1.00. The van der Waals surface area contributed by atoms with Gasteiger partial charge in [-0.1, -0.05) is 37.6 Å². The number of benzene rings is 1. The third kappa shape index (κ3) is 3.64. The Bertz CT molecular complexity index is 505. The fourth-order valence-electron chi connectivity index (χ4n) is 2.21. The molecule has 0 aliphatic rings. The Morgan fingerprint density at radius 2 is 1.89 bits per heavy atom. The quantitative estimate of drug-likeness (QED) is 0.897. The molecule has 0 saturated heterocycles. The third-order valence-electron chi connectivity index (χ3n) is 3.19. The average molecular weight is 319 g/mol. The highest BCUT2D eigenvalue weighted by molar-refractivity contribution is 9.10. The number of aryl methyl sites for hydroxylation is 1. The molecule has 0 radical (unpaired) electrons. The molecule has 1 aromatic carbocycles. The molecule has 1 N–H and O–H groups in total. The third-order valence-corrected chi connectivity index (χ3v) is 3.66. The summed E-state index contributed by atoms with van der Waals surface area (Å²) in [6.45, 7) is 2.20. The van der Waals surface area contributed by atoms with Crippen molar-refractivity contribution in [1.82, 2.24) is 10.3 Å². The summed E-state index contributed by atoms with van der Waals surface area (Å²) in [4.78, 5) is 4.48. The smallest absolute Gasteiger partial charge is 0.0748 e. The maximum Gasteiger partial charge on any atom is 0.0748 e. The van der Waals surface area contributed by atoms with E-state index in [1.807, 2.05) is 25.4 Å². The van der Waals surface area contributed by atoms with Crippen LogP contribution in [0.4, 0.5) is 0 Å². The number of halogens is 1. The fraction of sp³-hybridized carbons (Fsp3) is 0.312. The molecule has 0 saturated carbocycles. The van der Waals surface area contributed by atoms with Crippen molar-refractivity contribution in [2.75, 3.05) is 7.05 Å². The molecule has 19 heavy (non-hydrogen) atoms. The van der Waals surface area contributed by atoms with Gasteiger partial charge in [-0.25, -0.2) is 0 Å². The molecule has 100 valence electrons. The summed E-state index contributed by atoms with van der Waals surface area (Å²) in [6, 6.07) is 13.0. The van der Waals surface area contributed by atoms with Gasteiger partial charge in [0.1, 0.15) is 0 Å². The molecule has 1 heterocycles. The second-order valence-corrected chi connectivity index (χ2v) is 5.53. The van der Waals surface area contributed by atoms with E-state index in [9.17, 15) is 0 Å². The zero-order chi connectivity index (χ0) is 13.7. The van der Waals surface area contributed by atoms with E-state index in [2.05, 4.69) is 57.4 Å². The lowest BCUT2D eigenvalue weighted by Gasteiger charge is -2.16. The Morgan fingerprint density at radius 3 is 2.42 bits per heavy atom. The summed E-state index contributed by atoms with van der Waals surface area (Å²) in [5, 5.41) is 3.33. The normalized spacial score (nSPS) is 12.4. The van der Waals surface area contributed by atoms with Crippen molar-refractivity contribution in [3.8, 4) is 0 Å². The van der Waals surface area contributed by atoms with Crippen molar-refractivity contribution in [2.45, 2.75) is 25.8 Å². The standard InChI is InChI=1S/C16H19BrN2/c1-3-4-12-5-7-13(8-6-12)16(18-2)15-10-9-14(17)11-19-15/h5-11,16,18H,3-4H2,1-2H3. The van der Waals surface area contributed by atoms with Gasteiger partial charge in [0.15, 0.2) is 0 Å². The lowest BCUT2D eigenvalue weighted by Crippen LogP contribution is -2.18. The van der Waals surface area contributed by atoms with Gasteiger partial charge in [0.2, 0.25) is 0 Å². The fourth-order valence-corrected chi connectivity index (χ4v) is 2.44. The number of hydrogen-bond donors (Lipinski definition) is 1. The van der Waals surface area contributed by atoms with Gasteiger partial charge in [-0.2, -0.15) is 0 Å². The van der Waals surface area contributed by atoms with Gasteiger partial charge < -0.3 is 5.32 Å². The van der Waals surface area contributed by atoms with Gasteiger partial charge in [0.25, 0.3) is 0 Å². The van der Waals surface area contributed by atoms with E-state index in [0.717, 1.165) is 16.6 Å². The van der Waals surface area contributed by atoms with E-state index < -0.39 is 0 Å². The van der Waals surface area contributed by atoms with Gasteiger partial charge in [-0.15, -0.1) is 0 Å². The molecule has 3 heteroatoms. The highest BCUT2D eigenvalue weighted by Crippen LogP contribution is 2.22. The lowest BCUT2D eigenvalue weighted by atomic mass is 10.0. The van der Waals surface area contributed by atoms with Crippen molar-refractivity contribution < 1.29 is 0 Å². The second-order valence-electron chi connectivity index (χ2n) is 4.61. The predicted octanol–water partition coefficient (Wildman–Crippen LogP) is 4.11. The highest BCUT2D eigenvalue weighted by atomic mass is 79.9. The molecule has 2 aromatic rings. The van der Waals surface area contributed by atoms with Crippen LogP contribution in [0.5, 0.6) is 0 Å². The van der Waals surface area contributed by atoms with Crippen LogP contribution in [0.3, 0.4) is 0 Å². The summed E-state index contributed by atoms with van der Waals surface area (Å²) in [7, 11) is 1.97. The molecule has 2 rings (SSSR count). The van der Waals surface area contributed by atoms with Gasteiger partial charge in [0.05, 0.1) is 11.7 Å². The maximum absolute atomic E-state index is 4.48. The van der Waals surface area contributed by atoms with Crippen molar-refractivity contribution in [3.63, 3.8) is 0 Å². The molecule has 0 bridgehead atoms. The molecule has 1 atom stereocenters. The van der Waals surface area contributed by atoms with Crippen molar-refractivity contribution in [1.29, 1.82) is 0 Å². The molecule has 0 fully saturated rings. The Kier molecular flexibility index (Phi) is 5.11. The molecule has 1 unspecified atom stereocenters. The maximum atomic E-state index is 4.48. The highest BCUT2D eigenvalue weighted by Gasteiger charge is 2.12. The predicted molar refractivity (Wildman–Crippen MR) is 83.3 cm³/mol. The van der Waals surface area contributed by atoms with E-state index >= 15 is 0 Å². The first-order valence-corrected chi connectivity index (χ1v) is 7.41. The van der Waals surface area contributed by atoms with Crippen LogP contribution in [0, 0.1) is 0 Å². The van der Waals surface area contributed by atoms with E-state index in [-0.39, 0.29) is 6.04 Å². The Morgan fingerprint density at radius 1 is 1.16 bits per heavy atom. The van der Waals surface area contributed by atoms with E-state index in [4.69, 9.17) is 0 Å². The van der Waals surface area contributed by atoms with Crippen LogP contribution in [-0.2, 0) is 6.42 Å². The van der Waals surface area contributed by atoms with E-state index in [0.29, 0.717) is 0 Å². The number of rotatable bonds is 5. The SMILES string of the molecule is CCCc1ccc(C(NC)c2ccc(Br)cn2)cc1. The minimum Gasteiger partial charge on any atom is -0.308 e. The summed E-state index contributed by atoms with van der Waals surface area (Å²) in [5.74, 6) is 0. The molecule has 0 aliphatic carbocycles. The van der Waals surface area contributed by atoms with Crippen molar-refractivity contribution >= 4 is 15.9 Å². The number of pyridine rings is 1. The first-order valence-electron chi connectivity index (χ1n) is 6.62. The van der Waals surface area contributed by atoms with Gasteiger partial charge >= 0.3 is 0 Å². The molecule has 0 aliphatic heterocycles. The number of hydrogen-bond acceptors (Lipinski definition) is 2. The molecule has 0 spiro atoms. The molecular weight excluding hydrogens is 300 g/mol. The lowest BCUT2D eigenvalue weighted by molar-refractivity contribution is 0.670. The minimum absolute atomic E-state index is 0.142. The van der Waals surface area contributed by atoms with Crippen LogP contribution in [0.1, 0.15) is 36.2 Å². The number of aromatic nitrogens is 1. The Labute approximate surface area is 123 Å². The van der Waals surface area contributed by atoms with Crippen LogP contribution >= 0.6 is 15.9 Å². The first-order chi connectivity index (χ1) is 9.24. The van der Waals surface area contributed by atoms with Crippen LogP contribution < -0.4 is 5.32 Å². The second kappa shape index (κ2) is 6.83. The Hall–Kier alpha value is -1.19. The molecule has 1 aromatic heterocycles. The van der Waals surface area contributed by atoms with Crippen LogP contribution in [-0.4, -0.2) is 12.0 Å². The number of nitrogens with one attached hydrogen (secondary N) is 1. The van der Waals surface area contributed by atoms with Crippen LogP contribution in [0.2, 0.25) is 0 Å². The summed E-state index contributed by atoms with van der Waals surface area (Å²) in [6.07, 6.45) is 4.16. The molecule has 0 amide bonds. The minimum atomic E-state index is 0.142. The topological polar surface area (TPSA) is 24.9 Å². The molecule has 2 nitrogen and oxygen atoms in total. The summed E-state index contributed by atoms with van der Waals surface area (Å²) >= 11 is 3.42. The van der Waals surface area contributed by atoms with E-state index in [1.165, 1.54) is 17.5 Å². The largest absolute Gasteiger partial charge is 0.308 e. The monoisotopic (exact) mass is 318 g/mol. The van der Waals surface area contributed by atoms with Crippen molar-refractivity contribution in [2.24, 2.45) is 0 Å². The zero-order valence-electron chi connectivity index (χ0n) is 11.4. The number of nitrogens with zero attached hydrogens (tertiary/aromatic N) is 1. The summed E-state index contributed by atoms with van der Waals surface area (Å²) in [5.41, 5.74) is 3.68. The Balaban J connectivity index is 2.23. The average Bonchev–Trinajstić information content (AvgIpc) is 2.44. The van der Waals surface area contributed by atoms with E-state index in [1.54, 1.807) is 0 Å².